The standard InChI is InChI=1S/C13H12N2O2.C13H15NO5S/c14-7-9-1-4-13(5-2-9)11-8-15-6-3-10(11)12(16)17-13;1-20(16,17)19-9-2-5-13(6-3-9)11-8-14-7-4-10(11)12(15)18-13/h3,6,8-9H,1-2,4-5H2;4,7-9H,2-3,5-6H2,1H3. The van der Waals surface area contributed by atoms with E-state index in [0.717, 1.165) is 43.1 Å². The summed E-state index contributed by atoms with van der Waals surface area (Å²) < 4.78 is 38.4. The first kappa shape index (κ1) is 25.3. The number of fused-ring (bicyclic) bond motifs is 4. The smallest absolute Gasteiger partial charge is 0.339 e. The average Bonchev–Trinajstić information content (AvgIpc) is 3.32. The zero-order valence-electron chi connectivity index (χ0n) is 20.4. The van der Waals surface area contributed by atoms with Gasteiger partial charge in [0.2, 0.25) is 0 Å². The van der Waals surface area contributed by atoms with E-state index in [9.17, 15) is 18.0 Å². The van der Waals surface area contributed by atoms with Crippen molar-refractivity contribution in [3.8, 4) is 6.07 Å². The largest absolute Gasteiger partial charge is 0.450 e. The van der Waals surface area contributed by atoms with E-state index in [0.29, 0.717) is 36.8 Å². The number of nitrogens with zero attached hydrogens (tertiary/aromatic N) is 3. The van der Waals surface area contributed by atoms with Crippen molar-refractivity contribution in [2.24, 2.45) is 5.92 Å². The van der Waals surface area contributed by atoms with Gasteiger partial charge >= 0.3 is 11.9 Å². The SMILES string of the molecule is CS(=O)(=O)OC1CCC2(CC1)OC(=O)c1ccncc12.N#CC1CCC2(CC1)OC(=O)c1ccncc12. The number of rotatable bonds is 2. The maximum atomic E-state index is 11.9. The molecule has 194 valence electrons. The van der Waals surface area contributed by atoms with Crippen molar-refractivity contribution in [2.45, 2.75) is 68.7 Å². The molecule has 0 unspecified atom stereocenters. The molecule has 37 heavy (non-hydrogen) atoms. The van der Waals surface area contributed by atoms with Crippen LogP contribution in [0.15, 0.2) is 36.9 Å². The summed E-state index contributed by atoms with van der Waals surface area (Å²) in [6.45, 7) is 0. The fourth-order valence-electron chi connectivity index (χ4n) is 5.80. The Labute approximate surface area is 215 Å². The monoisotopic (exact) mass is 525 g/mol. The maximum absolute atomic E-state index is 11.9. The molecule has 0 bridgehead atoms. The van der Waals surface area contributed by atoms with Gasteiger partial charge in [-0.2, -0.15) is 13.7 Å². The first-order valence-corrected chi connectivity index (χ1v) is 14.1. The zero-order valence-corrected chi connectivity index (χ0v) is 21.2. The summed E-state index contributed by atoms with van der Waals surface area (Å²) in [7, 11) is -3.45. The van der Waals surface area contributed by atoms with E-state index in [-0.39, 0.29) is 24.0 Å². The lowest BCUT2D eigenvalue weighted by atomic mass is 9.76. The molecule has 2 saturated carbocycles. The van der Waals surface area contributed by atoms with Gasteiger partial charge in [0.25, 0.3) is 10.1 Å². The highest BCUT2D eigenvalue weighted by Gasteiger charge is 2.49. The zero-order chi connectivity index (χ0) is 26.3. The molecule has 0 aromatic carbocycles. The summed E-state index contributed by atoms with van der Waals surface area (Å²) in [4.78, 5) is 31.8. The Bertz CT molecular complexity index is 1370. The summed E-state index contributed by atoms with van der Waals surface area (Å²) in [5.74, 6) is -0.484. The first-order valence-electron chi connectivity index (χ1n) is 12.3. The number of esters is 2. The number of hydrogen-bond acceptors (Lipinski definition) is 10. The van der Waals surface area contributed by atoms with E-state index in [1.54, 1.807) is 36.9 Å². The molecule has 2 aliphatic heterocycles. The van der Waals surface area contributed by atoms with Crippen molar-refractivity contribution in [1.82, 2.24) is 9.97 Å². The predicted octanol–water partition coefficient (Wildman–Crippen LogP) is 3.53. The van der Waals surface area contributed by atoms with Crippen molar-refractivity contribution < 1.29 is 31.7 Å². The summed E-state index contributed by atoms with van der Waals surface area (Å²) in [6.07, 6.45) is 12.5. The van der Waals surface area contributed by atoms with Crippen molar-refractivity contribution in [2.75, 3.05) is 6.26 Å². The number of carbonyl (C=O) groups is 2. The second-order valence-corrected chi connectivity index (χ2v) is 11.6. The predicted molar refractivity (Wildman–Crippen MR) is 128 cm³/mol. The van der Waals surface area contributed by atoms with Gasteiger partial charge < -0.3 is 9.47 Å². The van der Waals surface area contributed by atoms with Gasteiger partial charge in [0.1, 0.15) is 11.2 Å². The molecule has 0 N–H and O–H groups in total. The molecule has 6 rings (SSSR count). The molecule has 2 spiro atoms. The van der Waals surface area contributed by atoms with Crippen LogP contribution < -0.4 is 0 Å². The molecule has 11 heteroatoms. The summed E-state index contributed by atoms with van der Waals surface area (Å²) in [6, 6.07) is 5.66. The van der Waals surface area contributed by atoms with Crippen LogP contribution in [0, 0.1) is 17.2 Å². The highest BCUT2D eigenvalue weighted by atomic mass is 32.2. The minimum Gasteiger partial charge on any atom is -0.450 e. The Morgan fingerprint density at radius 3 is 1.78 bits per heavy atom. The molecule has 10 nitrogen and oxygen atoms in total. The molecule has 0 atom stereocenters. The van der Waals surface area contributed by atoms with Crippen LogP contribution in [0.3, 0.4) is 0 Å². The van der Waals surface area contributed by atoms with Crippen molar-refractivity contribution in [3.05, 3.63) is 59.2 Å². The first-order chi connectivity index (χ1) is 17.6. The molecule has 2 aromatic heterocycles. The third kappa shape index (κ3) is 4.83. The van der Waals surface area contributed by atoms with Crippen LogP contribution >= 0.6 is 0 Å². The van der Waals surface area contributed by atoms with Crippen LogP contribution in [0.4, 0.5) is 0 Å². The van der Waals surface area contributed by atoms with Gasteiger partial charge in [0.05, 0.1) is 29.6 Å². The molecular formula is C26H27N3O7S. The summed E-state index contributed by atoms with van der Waals surface area (Å²) >= 11 is 0. The molecule has 2 fully saturated rings. The number of ether oxygens (including phenoxy) is 2. The van der Waals surface area contributed by atoms with Crippen molar-refractivity contribution in [1.29, 1.82) is 5.26 Å². The van der Waals surface area contributed by atoms with E-state index in [4.69, 9.17) is 18.9 Å². The summed E-state index contributed by atoms with van der Waals surface area (Å²) in [5, 5.41) is 8.90. The van der Waals surface area contributed by atoms with E-state index in [1.807, 2.05) is 0 Å². The lowest BCUT2D eigenvalue weighted by Crippen LogP contribution is -2.35. The van der Waals surface area contributed by atoms with Gasteiger partial charge in [-0.25, -0.2) is 9.59 Å². The Balaban J connectivity index is 0.000000153. The normalized spacial score (nSPS) is 29.9. The lowest BCUT2D eigenvalue weighted by molar-refractivity contribution is -0.0449. The Kier molecular flexibility index (Phi) is 6.50. The molecule has 0 amide bonds. The molecule has 4 heterocycles. The van der Waals surface area contributed by atoms with Gasteiger partial charge in [-0.1, -0.05) is 0 Å². The van der Waals surface area contributed by atoms with E-state index >= 15 is 0 Å². The highest BCUT2D eigenvalue weighted by molar-refractivity contribution is 7.86. The second-order valence-electron chi connectivity index (χ2n) is 10.0. The van der Waals surface area contributed by atoms with Gasteiger partial charge in [-0.15, -0.1) is 0 Å². The molecule has 2 aromatic rings. The van der Waals surface area contributed by atoms with Crippen LogP contribution in [-0.4, -0.2) is 42.7 Å². The van der Waals surface area contributed by atoms with Gasteiger partial charge in [0.15, 0.2) is 0 Å². The molecular weight excluding hydrogens is 498 g/mol. The minimum absolute atomic E-state index is 0.0973. The van der Waals surface area contributed by atoms with E-state index in [1.165, 1.54) is 0 Å². The lowest BCUT2D eigenvalue weighted by Gasteiger charge is -2.35. The maximum Gasteiger partial charge on any atom is 0.339 e. The number of carbonyl (C=O) groups excluding carboxylic acids is 2. The van der Waals surface area contributed by atoms with Crippen LogP contribution in [0.25, 0.3) is 0 Å². The van der Waals surface area contributed by atoms with E-state index < -0.39 is 21.3 Å². The van der Waals surface area contributed by atoms with Gasteiger partial charge in [-0.3, -0.25) is 14.2 Å². The Hall–Kier alpha value is -3.36. The Morgan fingerprint density at radius 1 is 0.892 bits per heavy atom. The van der Waals surface area contributed by atoms with Crippen LogP contribution in [0.1, 0.15) is 83.2 Å². The number of hydrogen-bond donors (Lipinski definition) is 0. The topological polar surface area (TPSA) is 146 Å². The number of nitriles is 1. The van der Waals surface area contributed by atoms with Gasteiger partial charge in [0, 0.05) is 41.8 Å². The second kappa shape index (κ2) is 9.50. The van der Waals surface area contributed by atoms with Crippen molar-refractivity contribution in [3.63, 3.8) is 0 Å². The quantitative estimate of drug-likeness (QED) is 0.421. The van der Waals surface area contributed by atoms with Crippen LogP contribution in [0.2, 0.25) is 0 Å². The molecule has 0 radical (unpaired) electrons. The van der Waals surface area contributed by atoms with Crippen molar-refractivity contribution >= 4 is 22.1 Å². The highest BCUT2D eigenvalue weighted by Crippen LogP contribution is 2.48. The van der Waals surface area contributed by atoms with Crippen LogP contribution in [-0.2, 0) is 35.0 Å². The molecule has 4 aliphatic rings. The average molecular weight is 526 g/mol. The fraction of sp³-hybridized carbons (Fsp3) is 0.500. The molecule has 0 saturated heterocycles. The Morgan fingerprint density at radius 2 is 1.35 bits per heavy atom. The number of aromatic nitrogens is 2. The van der Waals surface area contributed by atoms with E-state index in [2.05, 4.69) is 16.0 Å². The third-order valence-corrected chi connectivity index (χ3v) is 8.29. The van der Waals surface area contributed by atoms with Gasteiger partial charge in [-0.05, 0) is 63.5 Å². The van der Waals surface area contributed by atoms with Crippen LogP contribution in [0.5, 0.6) is 0 Å². The number of pyridine rings is 2. The summed E-state index contributed by atoms with van der Waals surface area (Å²) in [5.41, 5.74) is 1.74. The fourth-order valence-corrected chi connectivity index (χ4v) is 6.49. The third-order valence-electron chi connectivity index (χ3n) is 7.67. The minimum atomic E-state index is -3.45. The molecule has 2 aliphatic carbocycles.